The lowest BCUT2D eigenvalue weighted by Crippen LogP contribution is -2.19. The van der Waals surface area contributed by atoms with E-state index in [1.807, 2.05) is 6.07 Å². The van der Waals surface area contributed by atoms with Crippen molar-refractivity contribution in [2.45, 2.75) is 35.2 Å². The van der Waals surface area contributed by atoms with Crippen LogP contribution in [-0.4, -0.2) is 29.0 Å². The number of nitrogens with one attached hydrogen (secondary N) is 1. The molecule has 1 heterocycles. The maximum Gasteiger partial charge on any atom is 0.422 e. The lowest BCUT2D eigenvalue weighted by atomic mass is 10.2. The summed E-state index contributed by atoms with van der Waals surface area (Å²) in [6.07, 6.45) is -1.98. The highest BCUT2D eigenvalue weighted by Crippen LogP contribution is 2.32. The van der Waals surface area contributed by atoms with Gasteiger partial charge in [-0.3, -0.25) is 0 Å². The molecule has 0 atom stereocenters. The second-order valence-corrected chi connectivity index (χ2v) is 7.33. The van der Waals surface area contributed by atoms with Gasteiger partial charge in [0.1, 0.15) is 5.75 Å². The third-order valence-electron chi connectivity index (χ3n) is 2.97. The number of thioether (sulfide) groups is 1. The molecule has 3 rings (SSSR count). The predicted molar refractivity (Wildman–Crippen MR) is 84.1 cm³/mol. The largest absolute Gasteiger partial charge is 0.484 e. The minimum absolute atomic E-state index is 0.216. The number of ether oxygens (including phenoxy) is 1. The first-order valence-corrected chi connectivity index (χ1v) is 8.79. The Morgan fingerprint density at radius 3 is 2.87 bits per heavy atom. The summed E-state index contributed by atoms with van der Waals surface area (Å²) in [5, 5.41) is 12.3. The van der Waals surface area contributed by atoms with Gasteiger partial charge in [0.05, 0.1) is 0 Å². The number of anilines is 1. The summed E-state index contributed by atoms with van der Waals surface area (Å²) in [6.45, 7) is -1.28. The molecule has 0 radical (unpaired) electrons. The number of benzene rings is 1. The van der Waals surface area contributed by atoms with Crippen LogP contribution in [0.4, 0.5) is 18.3 Å². The van der Waals surface area contributed by atoms with E-state index in [2.05, 4.69) is 15.5 Å². The van der Waals surface area contributed by atoms with Crippen molar-refractivity contribution in [3.63, 3.8) is 0 Å². The zero-order valence-corrected chi connectivity index (χ0v) is 13.6. The Labute approximate surface area is 139 Å². The van der Waals surface area contributed by atoms with E-state index in [0.717, 1.165) is 15.0 Å². The van der Waals surface area contributed by atoms with Gasteiger partial charge in [-0.25, -0.2) is 0 Å². The van der Waals surface area contributed by atoms with Gasteiger partial charge >= 0.3 is 6.18 Å². The first-order valence-electron chi connectivity index (χ1n) is 6.99. The highest BCUT2D eigenvalue weighted by Gasteiger charge is 2.28. The molecule has 1 N–H and O–H groups in total. The molecule has 0 unspecified atom stereocenters. The minimum atomic E-state index is -4.33. The van der Waals surface area contributed by atoms with Crippen LogP contribution < -0.4 is 10.1 Å². The normalized spacial score (nSPS) is 14.7. The first-order chi connectivity index (χ1) is 11.0. The lowest BCUT2D eigenvalue weighted by Gasteiger charge is -2.09. The number of rotatable bonds is 7. The van der Waals surface area contributed by atoms with Crippen LogP contribution in [0.15, 0.2) is 28.6 Å². The molecule has 9 heteroatoms. The Balaban J connectivity index is 1.52. The topological polar surface area (TPSA) is 47.0 Å². The fraction of sp³-hybridized carbons (Fsp3) is 0.429. The van der Waals surface area contributed by atoms with E-state index < -0.39 is 12.8 Å². The Hall–Kier alpha value is -1.48. The van der Waals surface area contributed by atoms with Crippen LogP contribution in [0.25, 0.3) is 0 Å². The monoisotopic (exact) mass is 361 g/mol. The van der Waals surface area contributed by atoms with E-state index in [4.69, 9.17) is 4.74 Å². The van der Waals surface area contributed by atoms with Crippen LogP contribution in [-0.2, 0) is 5.75 Å². The maximum atomic E-state index is 12.2. The van der Waals surface area contributed by atoms with E-state index in [-0.39, 0.29) is 5.75 Å². The smallest absolute Gasteiger partial charge is 0.422 e. The van der Waals surface area contributed by atoms with E-state index >= 15 is 0 Å². The summed E-state index contributed by atoms with van der Waals surface area (Å²) < 4.78 is 42.1. The van der Waals surface area contributed by atoms with Gasteiger partial charge in [-0.2, -0.15) is 13.2 Å². The Morgan fingerprint density at radius 2 is 2.13 bits per heavy atom. The average Bonchev–Trinajstić information content (AvgIpc) is 3.20. The van der Waals surface area contributed by atoms with Gasteiger partial charge in [0, 0.05) is 11.8 Å². The van der Waals surface area contributed by atoms with Gasteiger partial charge in [-0.05, 0) is 30.5 Å². The molecule has 0 saturated heterocycles. The van der Waals surface area contributed by atoms with E-state index in [1.165, 1.54) is 42.0 Å². The zero-order chi connectivity index (χ0) is 16.3. The first kappa shape index (κ1) is 16.4. The van der Waals surface area contributed by atoms with Gasteiger partial charge in [0.2, 0.25) is 5.13 Å². The third kappa shape index (κ3) is 5.58. The fourth-order valence-corrected chi connectivity index (χ4v) is 3.54. The Bertz CT molecular complexity index is 659. The molecule has 124 valence electrons. The van der Waals surface area contributed by atoms with Crippen molar-refractivity contribution in [1.29, 1.82) is 0 Å². The third-order valence-corrected chi connectivity index (χ3v) is 5.03. The zero-order valence-electron chi connectivity index (χ0n) is 12.0. The van der Waals surface area contributed by atoms with Crippen LogP contribution in [0.1, 0.15) is 18.4 Å². The molecule has 1 aliphatic carbocycles. The molecule has 1 aromatic carbocycles. The van der Waals surface area contributed by atoms with Crippen molar-refractivity contribution in [3.8, 4) is 5.75 Å². The molecule has 0 amide bonds. The van der Waals surface area contributed by atoms with E-state index in [9.17, 15) is 13.2 Å². The second kappa shape index (κ2) is 6.96. The van der Waals surface area contributed by atoms with Gasteiger partial charge in [0.25, 0.3) is 0 Å². The molecule has 2 aromatic rings. The predicted octanol–water partition coefficient (Wildman–Crippen LogP) is 4.35. The molecular weight excluding hydrogens is 347 g/mol. The number of hydrogen-bond acceptors (Lipinski definition) is 6. The number of aromatic nitrogens is 2. The highest BCUT2D eigenvalue weighted by molar-refractivity contribution is 8.00. The van der Waals surface area contributed by atoms with Crippen LogP contribution in [0.3, 0.4) is 0 Å². The summed E-state index contributed by atoms with van der Waals surface area (Å²) >= 11 is 2.99. The lowest BCUT2D eigenvalue weighted by molar-refractivity contribution is -0.153. The van der Waals surface area contributed by atoms with Crippen molar-refractivity contribution in [3.05, 3.63) is 29.8 Å². The van der Waals surface area contributed by atoms with Crippen LogP contribution in [0.2, 0.25) is 0 Å². The standard InChI is InChI=1S/C14H14F3N3OS2/c15-14(16,17)8-21-11-3-1-2-9(6-11)7-22-13-20-19-12(23-13)18-10-4-5-10/h1-3,6,10H,4-5,7-8H2,(H,18,19). The van der Waals surface area contributed by atoms with E-state index in [0.29, 0.717) is 11.8 Å². The number of hydrogen-bond donors (Lipinski definition) is 1. The van der Waals surface area contributed by atoms with Gasteiger partial charge in [-0.15, -0.1) is 10.2 Å². The molecule has 1 aromatic heterocycles. The van der Waals surface area contributed by atoms with Crippen molar-refractivity contribution >= 4 is 28.2 Å². The molecule has 0 aliphatic heterocycles. The Kier molecular flexibility index (Phi) is 4.96. The van der Waals surface area contributed by atoms with Gasteiger partial charge in [0.15, 0.2) is 10.9 Å². The quantitative estimate of drug-likeness (QED) is 0.743. The van der Waals surface area contributed by atoms with Crippen molar-refractivity contribution < 1.29 is 17.9 Å². The van der Waals surface area contributed by atoms with Crippen molar-refractivity contribution in [2.75, 3.05) is 11.9 Å². The molecule has 4 nitrogen and oxygen atoms in total. The van der Waals surface area contributed by atoms with Crippen LogP contribution >= 0.6 is 23.1 Å². The fourth-order valence-electron chi connectivity index (χ4n) is 1.76. The molecule has 0 bridgehead atoms. The number of halogens is 3. The summed E-state index contributed by atoms with van der Waals surface area (Å²) in [5.74, 6) is 0.815. The summed E-state index contributed by atoms with van der Waals surface area (Å²) in [6, 6.07) is 7.19. The summed E-state index contributed by atoms with van der Waals surface area (Å²) in [4.78, 5) is 0. The molecule has 23 heavy (non-hydrogen) atoms. The van der Waals surface area contributed by atoms with Crippen molar-refractivity contribution in [2.24, 2.45) is 0 Å². The second-order valence-electron chi connectivity index (χ2n) is 5.13. The van der Waals surface area contributed by atoms with Gasteiger partial charge in [-0.1, -0.05) is 35.2 Å². The van der Waals surface area contributed by atoms with E-state index in [1.54, 1.807) is 12.1 Å². The molecular formula is C14H14F3N3OS2. The summed E-state index contributed by atoms with van der Waals surface area (Å²) in [5.41, 5.74) is 0.876. The molecule has 1 saturated carbocycles. The summed E-state index contributed by atoms with van der Waals surface area (Å²) in [7, 11) is 0. The number of nitrogens with zero attached hydrogens (tertiary/aromatic N) is 2. The average molecular weight is 361 g/mol. The molecule has 1 aliphatic rings. The van der Waals surface area contributed by atoms with Crippen LogP contribution in [0.5, 0.6) is 5.75 Å². The van der Waals surface area contributed by atoms with Crippen molar-refractivity contribution in [1.82, 2.24) is 10.2 Å². The van der Waals surface area contributed by atoms with Gasteiger partial charge < -0.3 is 10.1 Å². The maximum absolute atomic E-state index is 12.2. The molecule has 1 fully saturated rings. The molecule has 0 spiro atoms. The SMILES string of the molecule is FC(F)(F)COc1cccc(CSc2nnc(NC3CC3)s2)c1. The minimum Gasteiger partial charge on any atom is -0.484 e. The van der Waals surface area contributed by atoms with Crippen LogP contribution in [0, 0.1) is 0 Å². The highest BCUT2D eigenvalue weighted by atomic mass is 32.2. The number of alkyl halides is 3. The Morgan fingerprint density at radius 1 is 1.30 bits per heavy atom.